The molecule has 0 bridgehead atoms. The zero-order chi connectivity index (χ0) is 19.8. The minimum absolute atomic E-state index is 0.0148. The number of amides is 1. The van der Waals surface area contributed by atoms with E-state index >= 15 is 0 Å². The Morgan fingerprint density at radius 3 is 2.59 bits per heavy atom. The highest BCUT2D eigenvalue weighted by molar-refractivity contribution is 6.09. The molecular formula is C21H20N2O4. The third-order valence-corrected chi connectivity index (χ3v) is 3.64. The Morgan fingerprint density at radius 1 is 1.30 bits per heavy atom. The second kappa shape index (κ2) is 9.11. The Kier molecular flexibility index (Phi) is 6.61. The fraction of sp³-hybridized carbons (Fsp3) is 0.143. The predicted molar refractivity (Wildman–Crippen MR) is 104 cm³/mol. The number of carbonyl (C=O) groups excluding carboxylic acids is 1. The summed E-state index contributed by atoms with van der Waals surface area (Å²) >= 11 is 0. The summed E-state index contributed by atoms with van der Waals surface area (Å²) in [7, 11) is 0. The van der Waals surface area contributed by atoms with Gasteiger partial charge in [0.15, 0.2) is 11.5 Å². The van der Waals surface area contributed by atoms with Gasteiger partial charge in [0.1, 0.15) is 17.4 Å². The van der Waals surface area contributed by atoms with E-state index < -0.39 is 5.91 Å². The van der Waals surface area contributed by atoms with Crippen LogP contribution in [0.4, 0.5) is 5.69 Å². The second-order valence-electron chi connectivity index (χ2n) is 5.62. The van der Waals surface area contributed by atoms with Gasteiger partial charge >= 0.3 is 0 Å². The number of carbonyl (C=O) groups is 1. The highest BCUT2D eigenvalue weighted by Gasteiger charge is 2.13. The summed E-state index contributed by atoms with van der Waals surface area (Å²) in [5, 5.41) is 31.5. The molecule has 0 aliphatic heterocycles. The number of benzene rings is 2. The summed E-state index contributed by atoms with van der Waals surface area (Å²) in [5.41, 5.74) is 1.47. The molecule has 0 aromatic heterocycles. The van der Waals surface area contributed by atoms with Crippen molar-refractivity contribution in [3.63, 3.8) is 0 Å². The van der Waals surface area contributed by atoms with Crippen molar-refractivity contribution in [1.82, 2.24) is 0 Å². The third-order valence-electron chi connectivity index (χ3n) is 3.64. The molecule has 0 heterocycles. The molecule has 0 saturated carbocycles. The van der Waals surface area contributed by atoms with Crippen LogP contribution in [-0.4, -0.2) is 22.7 Å². The first kappa shape index (κ1) is 19.6. The fourth-order valence-electron chi connectivity index (χ4n) is 2.41. The number of hydrogen-bond donors (Lipinski definition) is 3. The zero-order valence-corrected chi connectivity index (χ0v) is 14.9. The number of nitrogens with one attached hydrogen (secondary N) is 1. The van der Waals surface area contributed by atoms with Gasteiger partial charge in [0.25, 0.3) is 5.91 Å². The molecule has 2 aromatic rings. The molecule has 6 nitrogen and oxygen atoms in total. The predicted octanol–water partition coefficient (Wildman–Crippen LogP) is 3.77. The third kappa shape index (κ3) is 5.13. The van der Waals surface area contributed by atoms with Crippen LogP contribution < -0.4 is 10.1 Å². The van der Waals surface area contributed by atoms with Crippen LogP contribution in [0.1, 0.15) is 18.1 Å². The molecule has 1 amide bonds. The average Bonchev–Trinajstić information content (AvgIpc) is 2.65. The van der Waals surface area contributed by atoms with Gasteiger partial charge in [-0.25, -0.2) is 0 Å². The number of phenolic OH excluding ortho intramolecular Hbond substituents is 2. The molecule has 0 atom stereocenters. The molecule has 6 heteroatoms. The Bertz CT molecular complexity index is 909. The monoisotopic (exact) mass is 364 g/mol. The highest BCUT2D eigenvalue weighted by atomic mass is 16.5. The summed E-state index contributed by atoms with van der Waals surface area (Å²) in [6.07, 6.45) is 3.47. The minimum atomic E-state index is -0.584. The van der Waals surface area contributed by atoms with Crippen LogP contribution in [0.2, 0.25) is 0 Å². The van der Waals surface area contributed by atoms with E-state index in [-0.39, 0.29) is 22.8 Å². The van der Waals surface area contributed by atoms with Crippen LogP contribution in [-0.2, 0) is 11.2 Å². The van der Waals surface area contributed by atoms with Crippen molar-refractivity contribution in [2.24, 2.45) is 0 Å². The molecule has 0 unspecified atom stereocenters. The van der Waals surface area contributed by atoms with Crippen molar-refractivity contribution in [3.05, 3.63) is 65.8 Å². The van der Waals surface area contributed by atoms with E-state index in [0.29, 0.717) is 29.8 Å². The van der Waals surface area contributed by atoms with E-state index in [1.54, 1.807) is 25.1 Å². The van der Waals surface area contributed by atoms with Crippen LogP contribution >= 0.6 is 0 Å². The van der Waals surface area contributed by atoms with E-state index in [1.165, 1.54) is 30.3 Å². The van der Waals surface area contributed by atoms with Crippen molar-refractivity contribution in [2.75, 3.05) is 11.9 Å². The van der Waals surface area contributed by atoms with E-state index in [2.05, 4.69) is 11.9 Å². The van der Waals surface area contributed by atoms with Gasteiger partial charge in [-0.3, -0.25) is 4.79 Å². The molecule has 0 radical (unpaired) electrons. The van der Waals surface area contributed by atoms with E-state index in [1.807, 2.05) is 6.07 Å². The smallest absolute Gasteiger partial charge is 0.266 e. The molecule has 0 aliphatic rings. The molecule has 3 N–H and O–H groups in total. The lowest BCUT2D eigenvalue weighted by atomic mass is 10.0. The molecule has 0 spiro atoms. The summed E-state index contributed by atoms with van der Waals surface area (Å²) in [6.45, 7) is 5.81. The number of aromatic hydroxyl groups is 2. The standard InChI is InChI=1S/C21H20N2O4/c1-3-5-15-10-14(12-19(20(15)25)27-4-2)11-16(13-22)21(26)23-17-6-8-18(24)9-7-17/h3,6-12,24-25H,1,4-5H2,2H3,(H,23,26)/b16-11+. The number of nitrogens with zero attached hydrogens (tertiary/aromatic N) is 1. The number of anilines is 1. The van der Waals surface area contributed by atoms with Gasteiger partial charge in [-0.15, -0.1) is 6.58 Å². The van der Waals surface area contributed by atoms with Crippen LogP contribution in [0.15, 0.2) is 54.6 Å². The van der Waals surface area contributed by atoms with E-state index in [4.69, 9.17) is 4.74 Å². The summed E-state index contributed by atoms with van der Waals surface area (Å²) < 4.78 is 5.43. The fourth-order valence-corrected chi connectivity index (χ4v) is 2.41. The average molecular weight is 364 g/mol. The van der Waals surface area contributed by atoms with E-state index in [9.17, 15) is 20.3 Å². The van der Waals surface area contributed by atoms with Gasteiger partial charge in [-0.1, -0.05) is 6.08 Å². The van der Waals surface area contributed by atoms with Crippen molar-refractivity contribution in [1.29, 1.82) is 5.26 Å². The minimum Gasteiger partial charge on any atom is -0.508 e. The number of rotatable bonds is 7. The van der Waals surface area contributed by atoms with Gasteiger partial charge in [-0.2, -0.15) is 5.26 Å². The van der Waals surface area contributed by atoms with Gasteiger partial charge < -0.3 is 20.3 Å². The number of phenols is 2. The van der Waals surface area contributed by atoms with Crippen LogP contribution in [0.3, 0.4) is 0 Å². The summed E-state index contributed by atoms with van der Waals surface area (Å²) in [5.74, 6) is -0.217. The van der Waals surface area contributed by atoms with Gasteiger partial charge in [-0.05, 0) is 61.4 Å². The lowest BCUT2D eigenvalue weighted by Crippen LogP contribution is -2.13. The zero-order valence-electron chi connectivity index (χ0n) is 14.9. The molecule has 2 aromatic carbocycles. The molecule has 27 heavy (non-hydrogen) atoms. The summed E-state index contributed by atoms with van der Waals surface area (Å²) in [4.78, 5) is 12.4. The Labute approximate surface area is 157 Å². The Morgan fingerprint density at radius 2 is 2.00 bits per heavy atom. The van der Waals surface area contributed by atoms with Crippen molar-refractivity contribution >= 4 is 17.7 Å². The first-order valence-corrected chi connectivity index (χ1v) is 8.30. The quantitative estimate of drug-likeness (QED) is 0.300. The lowest BCUT2D eigenvalue weighted by Gasteiger charge is -2.11. The highest BCUT2D eigenvalue weighted by Crippen LogP contribution is 2.33. The molecule has 138 valence electrons. The van der Waals surface area contributed by atoms with Crippen LogP contribution in [0, 0.1) is 11.3 Å². The second-order valence-corrected chi connectivity index (χ2v) is 5.62. The van der Waals surface area contributed by atoms with Gasteiger partial charge in [0.2, 0.25) is 0 Å². The Hall–Kier alpha value is -3.72. The lowest BCUT2D eigenvalue weighted by molar-refractivity contribution is -0.112. The largest absolute Gasteiger partial charge is 0.508 e. The van der Waals surface area contributed by atoms with Gasteiger partial charge in [0.05, 0.1) is 6.61 Å². The maximum absolute atomic E-state index is 12.4. The van der Waals surface area contributed by atoms with Crippen molar-refractivity contribution < 1.29 is 19.7 Å². The normalized spacial score (nSPS) is 10.7. The molecule has 2 rings (SSSR count). The number of allylic oxidation sites excluding steroid dienone is 1. The number of ether oxygens (including phenoxy) is 1. The first-order valence-electron chi connectivity index (χ1n) is 8.30. The first-order chi connectivity index (χ1) is 13.0. The maximum atomic E-state index is 12.4. The number of hydrogen-bond acceptors (Lipinski definition) is 5. The van der Waals surface area contributed by atoms with Gasteiger partial charge in [0, 0.05) is 11.3 Å². The molecule has 0 aliphatic carbocycles. The summed E-state index contributed by atoms with van der Waals surface area (Å²) in [6, 6.07) is 11.0. The Balaban J connectivity index is 2.35. The van der Waals surface area contributed by atoms with E-state index in [0.717, 1.165) is 0 Å². The maximum Gasteiger partial charge on any atom is 0.266 e. The van der Waals surface area contributed by atoms with Crippen LogP contribution in [0.5, 0.6) is 17.2 Å². The van der Waals surface area contributed by atoms with Crippen molar-refractivity contribution in [2.45, 2.75) is 13.3 Å². The number of nitriles is 1. The molecule has 0 saturated heterocycles. The SMILES string of the molecule is C=CCc1cc(/C=C(\C#N)C(=O)Nc2ccc(O)cc2)cc(OCC)c1O. The van der Waals surface area contributed by atoms with Crippen LogP contribution in [0.25, 0.3) is 6.08 Å². The topological polar surface area (TPSA) is 103 Å². The van der Waals surface area contributed by atoms with Crippen molar-refractivity contribution in [3.8, 4) is 23.3 Å². The molecular weight excluding hydrogens is 344 g/mol. The molecule has 0 fully saturated rings.